The minimum Gasteiger partial charge on any atom is -0.495 e. The number of halogens is 1. The third kappa shape index (κ3) is 5.19. The first kappa shape index (κ1) is 19.6. The molecule has 3 rings (SSSR count). The molecule has 7 heteroatoms. The van der Waals surface area contributed by atoms with Gasteiger partial charge < -0.3 is 4.74 Å². The van der Waals surface area contributed by atoms with Crippen LogP contribution in [0, 0.1) is 0 Å². The van der Waals surface area contributed by atoms with Gasteiger partial charge in [0.15, 0.2) is 0 Å². The SMILES string of the molecule is COc1ccc(Cl)cc1S(=O)(=O)Nc1ccc(CSc2ccccc2)cc1. The molecule has 4 nitrogen and oxygen atoms in total. The van der Waals surface area contributed by atoms with Crippen LogP contribution >= 0.6 is 23.4 Å². The number of rotatable bonds is 7. The number of sulfonamides is 1. The van der Waals surface area contributed by atoms with Gasteiger partial charge in [0.05, 0.1) is 7.11 Å². The molecule has 140 valence electrons. The fourth-order valence-corrected chi connectivity index (χ4v) is 4.79. The van der Waals surface area contributed by atoms with E-state index in [1.54, 1.807) is 30.0 Å². The Hall–Kier alpha value is -2.15. The van der Waals surface area contributed by atoms with Gasteiger partial charge in [-0.25, -0.2) is 8.42 Å². The first-order valence-electron chi connectivity index (χ1n) is 8.11. The third-order valence-corrected chi connectivity index (χ3v) is 6.49. The highest BCUT2D eigenvalue weighted by molar-refractivity contribution is 7.98. The molecule has 0 unspecified atom stereocenters. The minimum atomic E-state index is -3.81. The Morgan fingerprint density at radius 3 is 2.37 bits per heavy atom. The van der Waals surface area contributed by atoms with Crippen molar-refractivity contribution in [2.75, 3.05) is 11.8 Å². The van der Waals surface area contributed by atoms with Gasteiger partial charge in [0, 0.05) is 21.4 Å². The Kier molecular flexibility index (Phi) is 6.31. The van der Waals surface area contributed by atoms with Crippen LogP contribution in [0.4, 0.5) is 5.69 Å². The quantitative estimate of drug-likeness (QED) is 0.518. The van der Waals surface area contributed by atoms with Gasteiger partial charge in [0.2, 0.25) is 0 Å². The molecule has 27 heavy (non-hydrogen) atoms. The summed E-state index contributed by atoms with van der Waals surface area (Å²) in [5.74, 6) is 1.04. The Labute approximate surface area is 168 Å². The standard InChI is InChI=1S/C20H18ClNO3S2/c1-25-19-12-9-16(21)13-20(19)27(23,24)22-17-10-7-15(8-11-17)14-26-18-5-3-2-4-6-18/h2-13,22H,14H2,1H3. The molecule has 0 amide bonds. The molecule has 0 heterocycles. The van der Waals surface area contributed by atoms with Gasteiger partial charge in [-0.15, -0.1) is 11.8 Å². The summed E-state index contributed by atoms with van der Waals surface area (Å²) < 4.78 is 33.1. The van der Waals surface area contributed by atoms with Crippen molar-refractivity contribution in [1.29, 1.82) is 0 Å². The summed E-state index contributed by atoms with van der Waals surface area (Å²) in [7, 11) is -2.39. The van der Waals surface area contributed by atoms with Crippen LogP contribution in [0.2, 0.25) is 5.02 Å². The lowest BCUT2D eigenvalue weighted by atomic mass is 10.2. The Balaban J connectivity index is 1.71. The van der Waals surface area contributed by atoms with Gasteiger partial charge in [0.1, 0.15) is 10.6 Å². The van der Waals surface area contributed by atoms with Crippen LogP contribution in [-0.2, 0) is 15.8 Å². The molecule has 0 bridgehead atoms. The smallest absolute Gasteiger partial charge is 0.265 e. The van der Waals surface area contributed by atoms with Crippen molar-refractivity contribution in [2.24, 2.45) is 0 Å². The molecule has 1 N–H and O–H groups in total. The average Bonchev–Trinajstić information content (AvgIpc) is 2.68. The van der Waals surface area contributed by atoms with Crippen molar-refractivity contribution in [2.45, 2.75) is 15.5 Å². The molecule has 0 aliphatic rings. The van der Waals surface area contributed by atoms with E-state index in [-0.39, 0.29) is 10.6 Å². The monoisotopic (exact) mass is 419 g/mol. The molecule has 3 aromatic rings. The summed E-state index contributed by atoms with van der Waals surface area (Å²) in [6, 6.07) is 21.9. The molecule has 0 saturated heterocycles. The zero-order valence-electron chi connectivity index (χ0n) is 14.6. The normalized spacial score (nSPS) is 11.2. The molecule has 0 atom stereocenters. The van der Waals surface area contributed by atoms with Crippen molar-refractivity contribution >= 4 is 39.1 Å². The van der Waals surface area contributed by atoms with Crippen LogP contribution in [-0.4, -0.2) is 15.5 Å². The van der Waals surface area contributed by atoms with Crippen molar-refractivity contribution < 1.29 is 13.2 Å². The first-order chi connectivity index (χ1) is 13.0. The summed E-state index contributed by atoms with van der Waals surface area (Å²) in [5, 5.41) is 0.324. The van der Waals surface area contributed by atoms with E-state index < -0.39 is 10.0 Å². The van der Waals surface area contributed by atoms with Crippen molar-refractivity contribution in [3.8, 4) is 5.75 Å². The van der Waals surface area contributed by atoms with E-state index in [1.807, 2.05) is 30.3 Å². The number of anilines is 1. The second kappa shape index (κ2) is 8.69. The highest BCUT2D eigenvalue weighted by Crippen LogP contribution is 2.29. The predicted molar refractivity (Wildman–Crippen MR) is 111 cm³/mol. The number of hydrogen-bond donors (Lipinski definition) is 1. The summed E-state index contributed by atoms with van der Waals surface area (Å²) in [6.45, 7) is 0. The average molecular weight is 420 g/mol. The molecule has 0 aromatic heterocycles. The molecule has 0 saturated carbocycles. The summed E-state index contributed by atoms with van der Waals surface area (Å²) in [4.78, 5) is 1.19. The second-order valence-corrected chi connectivity index (χ2v) is 8.84. The number of methoxy groups -OCH3 is 1. The van der Waals surface area contributed by atoms with Crippen LogP contribution in [0.5, 0.6) is 5.75 Å². The molecule has 0 fully saturated rings. The van der Waals surface area contributed by atoms with E-state index >= 15 is 0 Å². The lowest BCUT2D eigenvalue weighted by Crippen LogP contribution is -2.14. The number of hydrogen-bond acceptors (Lipinski definition) is 4. The zero-order chi connectivity index (χ0) is 19.3. The van der Waals surface area contributed by atoms with E-state index in [1.165, 1.54) is 24.1 Å². The Morgan fingerprint density at radius 1 is 1.00 bits per heavy atom. The van der Waals surface area contributed by atoms with Crippen molar-refractivity contribution in [3.05, 3.63) is 83.4 Å². The molecule has 0 aliphatic carbocycles. The van der Waals surface area contributed by atoms with E-state index in [0.29, 0.717) is 10.7 Å². The van der Waals surface area contributed by atoms with Crippen LogP contribution in [0.3, 0.4) is 0 Å². The van der Waals surface area contributed by atoms with E-state index in [9.17, 15) is 8.42 Å². The Bertz CT molecular complexity index is 1010. The van der Waals surface area contributed by atoms with Gasteiger partial charge in [-0.2, -0.15) is 0 Å². The summed E-state index contributed by atoms with van der Waals surface area (Å²) in [6.07, 6.45) is 0. The fourth-order valence-electron chi connectivity index (χ4n) is 2.42. The van der Waals surface area contributed by atoms with E-state index in [2.05, 4.69) is 16.9 Å². The topological polar surface area (TPSA) is 55.4 Å². The van der Waals surface area contributed by atoms with Gasteiger partial charge in [-0.1, -0.05) is 41.9 Å². The van der Waals surface area contributed by atoms with Crippen LogP contribution in [0.25, 0.3) is 0 Å². The molecular formula is C20H18ClNO3S2. The van der Waals surface area contributed by atoms with Crippen LogP contribution in [0.15, 0.2) is 82.6 Å². The van der Waals surface area contributed by atoms with Gasteiger partial charge in [-0.05, 0) is 48.0 Å². The van der Waals surface area contributed by atoms with Gasteiger partial charge in [0.25, 0.3) is 10.0 Å². The molecule has 3 aromatic carbocycles. The maximum absolute atomic E-state index is 12.7. The maximum Gasteiger partial charge on any atom is 0.265 e. The van der Waals surface area contributed by atoms with E-state index in [0.717, 1.165) is 11.3 Å². The number of ether oxygens (including phenoxy) is 1. The van der Waals surface area contributed by atoms with Gasteiger partial charge >= 0.3 is 0 Å². The number of thioether (sulfide) groups is 1. The van der Waals surface area contributed by atoms with E-state index in [4.69, 9.17) is 16.3 Å². The zero-order valence-corrected chi connectivity index (χ0v) is 16.9. The van der Waals surface area contributed by atoms with Crippen LogP contribution < -0.4 is 9.46 Å². The van der Waals surface area contributed by atoms with Crippen molar-refractivity contribution in [3.63, 3.8) is 0 Å². The number of benzene rings is 3. The maximum atomic E-state index is 12.7. The summed E-state index contributed by atoms with van der Waals surface area (Å²) in [5.41, 5.74) is 1.58. The minimum absolute atomic E-state index is 0.00112. The lowest BCUT2D eigenvalue weighted by Gasteiger charge is -2.12. The molecule has 0 spiro atoms. The van der Waals surface area contributed by atoms with Gasteiger partial charge in [-0.3, -0.25) is 4.72 Å². The predicted octanol–water partition coefficient (Wildman–Crippen LogP) is 5.44. The largest absolute Gasteiger partial charge is 0.495 e. The fraction of sp³-hybridized carbons (Fsp3) is 0.100. The van der Waals surface area contributed by atoms with Crippen molar-refractivity contribution in [1.82, 2.24) is 0 Å². The number of nitrogens with one attached hydrogen (secondary N) is 1. The van der Waals surface area contributed by atoms with Crippen LogP contribution in [0.1, 0.15) is 5.56 Å². The molecule has 0 aliphatic heterocycles. The molecule has 0 radical (unpaired) electrons. The third-order valence-electron chi connectivity index (χ3n) is 3.77. The first-order valence-corrected chi connectivity index (χ1v) is 11.0. The highest BCUT2D eigenvalue weighted by Gasteiger charge is 2.20. The Morgan fingerprint density at radius 2 is 1.70 bits per heavy atom. The molecular weight excluding hydrogens is 402 g/mol. The second-order valence-electron chi connectivity index (χ2n) is 5.70. The summed E-state index contributed by atoms with van der Waals surface area (Å²) >= 11 is 7.66. The highest BCUT2D eigenvalue weighted by atomic mass is 35.5. The lowest BCUT2D eigenvalue weighted by molar-refractivity contribution is 0.403.